The fourth-order valence-electron chi connectivity index (χ4n) is 2.30. The van der Waals surface area contributed by atoms with Gasteiger partial charge in [0.25, 0.3) is 5.52 Å². The van der Waals surface area contributed by atoms with E-state index in [0.29, 0.717) is 28.1 Å². The number of anilines is 1. The Balaban J connectivity index is 1.80. The van der Waals surface area contributed by atoms with Crippen LogP contribution in [0.1, 0.15) is 5.76 Å². The molecule has 1 N–H and O–H groups in total. The summed E-state index contributed by atoms with van der Waals surface area (Å²) in [5, 5.41) is 23.6. The van der Waals surface area contributed by atoms with Crippen molar-refractivity contribution in [1.29, 1.82) is 0 Å². The van der Waals surface area contributed by atoms with Crippen molar-refractivity contribution >= 4 is 45.0 Å². The summed E-state index contributed by atoms with van der Waals surface area (Å²) in [5.41, 5.74) is 2.59. The summed E-state index contributed by atoms with van der Waals surface area (Å²) in [5.74, 6) is 0.840. The summed E-state index contributed by atoms with van der Waals surface area (Å²) in [6, 6.07) is 9.19. The zero-order valence-corrected chi connectivity index (χ0v) is 13.4. The molecule has 8 heteroatoms. The molecule has 4 rings (SSSR count). The molecule has 110 valence electrons. The third-order valence-electron chi connectivity index (χ3n) is 3.34. The van der Waals surface area contributed by atoms with Crippen LogP contribution in [0.3, 0.4) is 0 Å². The SMILES string of the molecule is [O-][n+]1nc2c(I)cnn2c2cc(NCc3ccco3)ccc21. The molecule has 0 amide bonds. The number of benzene rings is 1. The maximum atomic E-state index is 12.0. The number of hydrogen-bond donors (Lipinski definition) is 1. The van der Waals surface area contributed by atoms with Gasteiger partial charge in [0.2, 0.25) is 5.65 Å². The Hall–Kier alpha value is -2.36. The van der Waals surface area contributed by atoms with Crippen molar-refractivity contribution in [2.45, 2.75) is 6.54 Å². The van der Waals surface area contributed by atoms with Gasteiger partial charge in [-0.2, -0.15) is 5.10 Å². The molecule has 3 heterocycles. The highest BCUT2D eigenvalue weighted by molar-refractivity contribution is 14.1. The van der Waals surface area contributed by atoms with E-state index in [0.717, 1.165) is 15.0 Å². The molecular formula is C14H10IN5O2. The van der Waals surface area contributed by atoms with Crippen molar-refractivity contribution in [3.8, 4) is 0 Å². The minimum absolute atomic E-state index is 0.468. The monoisotopic (exact) mass is 407 g/mol. The summed E-state index contributed by atoms with van der Waals surface area (Å²) in [6.45, 7) is 0.570. The maximum absolute atomic E-state index is 12.0. The van der Waals surface area contributed by atoms with E-state index in [4.69, 9.17) is 4.42 Å². The van der Waals surface area contributed by atoms with Gasteiger partial charge in [-0.3, -0.25) is 0 Å². The lowest BCUT2D eigenvalue weighted by molar-refractivity contribution is -0.640. The molecule has 0 spiro atoms. The van der Waals surface area contributed by atoms with Crippen LogP contribution >= 0.6 is 22.6 Å². The lowest BCUT2D eigenvalue weighted by atomic mass is 10.2. The highest BCUT2D eigenvalue weighted by atomic mass is 127. The van der Waals surface area contributed by atoms with E-state index in [1.54, 1.807) is 23.0 Å². The van der Waals surface area contributed by atoms with Gasteiger partial charge < -0.3 is 14.9 Å². The standard InChI is InChI=1S/C14H10IN5O2/c15-11-8-17-19-13-6-9(16-7-10-2-1-5-22-10)3-4-12(13)20(21)18-14(11)19/h1-6,8,16H,7H2. The van der Waals surface area contributed by atoms with Gasteiger partial charge in [-0.15, -0.1) is 0 Å². The summed E-state index contributed by atoms with van der Waals surface area (Å²) in [7, 11) is 0. The van der Waals surface area contributed by atoms with Crippen LogP contribution in [0.15, 0.2) is 47.2 Å². The van der Waals surface area contributed by atoms with Gasteiger partial charge >= 0.3 is 0 Å². The number of nitrogens with one attached hydrogen (secondary N) is 1. The minimum atomic E-state index is 0.468. The minimum Gasteiger partial charge on any atom is -0.594 e. The molecule has 7 nitrogen and oxygen atoms in total. The zero-order valence-electron chi connectivity index (χ0n) is 11.2. The number of halogens is 1. The first-order valence-corrected chi connectivity index (χ1v) is 7.63. The highest BCUT2D eigenvalue weighted by Crippen LogP contribution is 2.19. The Morgan fingerprint density at radius 1 is 1.36 bits per heavy atom. The molecule has 0 unspecified atom stereocenters. The molecule has 0 aliphatic carbocycles. The van der Waals surface area contributed by atoms with Crippen LogP contribution in [0, 0.1) is 8.78 Å². The molecule has 0 aliphatic rings. The molecule has 4 aromatic rings. The lowest BCUT2D eigenvalue weighted by Gasteiger charge is -2.06. The predicted octanol–water partition coefficient (Wildman–Crippen LogP) is 2.33. The number of furan rings is 1. The van der Waals surface area contributed by atoms with Crippen LogP contribution in [0.25, 0.3) is 16.7 Å². The van der Waals surface area contributed by atoms with E-state index in [1.807, 2.05) is 24.3 Å². The van der Waals surface area contributed by atoms with Crippen molar-refractivity contribution in [1.82, 2.24) is 14.7 Å². The molecular weight excluding hydrogens is 397 g/mol. The van der Waals surface area contributed by atoms with Crippen LogP contribution in [0.4, 0.5) is 5.69 Å². The average molecular weight is 407 g/mol. The Morgan fingerprint density at radius 3 is 3.09 bits per heavy atom. The van der Waals surface area contributed by atoms with E-state index in [2.05, 4.69) is 38.1 Å². The predicted molar refractivity (Wildman–Crippen MR) is 88.2 cm³/mol. The molecule has 3 aromatic heterocycles. The molecule has 0 radical (unpaired) electrons. The average Bonchev–Trinajstić information content (AvgIpc) is 3.16. The molecule has 0 bridgehead atoms. The smallest absolute Gasteiger partial charge is 0.270 e. The lowest BCUT2D eigenvalue weighted by Crippen LogP contribution is -2.33. The van der Waals surface area contributed by atoms with Crippen LogP contribution in [0.5, 0.6) is 0 Å². The third-order valence-corrected chi connectivity index (χ3v) is 4.10. The van der Waals surface area contributed by atoms with Crippen molar-refractivity contribution in [2.24, 2.45) is 0 Å². The summed E-state index contributed by atoms with van der Waals surface area (Å²) < 4.78 is 7.79. The maximum Gasteiger partial charge on any atom is 0.270 e. The van der Waals surface area contributed by atoms with E-state index < -0.39 is 0 Å². The van der Waals surface area contributed by atoms with E-state index in [9.17, 15) is 5.21 Å². The quantitative estimate of drug-likeness (QED) is 0.320. The second-order valence-electron chi connectivity index (χ2n) is 4.74. The van der Waals surface area contributed by atoms with Gasteiger partial charge in [0.1, 0.15) is 11.3 Å². The Kier molecular flexibility index (Phi) is 3.10. The second kappa shape index (κ2) is 5.13. The van der Waals surface area contributed by atoms with Gasteiger partial charge in [0.15, 0.2) is 0 Å². The van der Waals surface area contributed by atoms with Crippen molar-refractivity contribution in [3.05, 3.63) is 57.3 Å². The van der Waals surface area contributed by atoms with Crippen LogP contribution in [-0.4, -0.2) is 14.7 Å². The highest BCUT2D eigenvalue weighted by Gasteiger charge is 2.15. The molecule has 0 saturated heterocycles. The molecule has 22 heavy (non-hydrogen) atoms. The van der Waals surface area contributed by atoms with Crippen LogP contribution in [0.2, 0.25) is 0 Å². The van der Waals surface area contributed by atoms with Crippen LogP contribution in [-0.2, 0) is 6.54 Å². The first-order chi connectivity index (χ1) is 10.7. The Bertz CT molecular complexity index is 964. The number of hydrogen-bond acceptors (Lipinski definition) is 5. The van der Waals surface area contributed by atoms with Gasteiger partial charge in [0, 0.05) is 16.9 Å². The Morgan fingerprint density at radius 2 is 2.27 bits per heavy atom. The third kappa shape index (κ3) is 2.15. The normalized spacial score (nSPS) is 11.3. The zero-order chi connectivity index (χ0) is 15.1. The molecule has 0 fully saturated rings. The van der Waals surface area contributed by atoms with Crippen LogP contribution < -0.4 is 10.2 Å². The van der Waals surface area contributed by atoms with E-state index in [1.165, 1.54) is 0 Å². The van der Waals surface area contributed by atoms with Crippen molar-refractivity contribution < 1.29 is 9.26 Å². The summed E-state index contributed by atoms with van der Waals surface area (Å²) >= 11 is 2.11. The molecule has 1 aromatic carbocycles. The van der Waals surface area contributed by atoms with E-state index in [-0.39, 0.29) is 0 Å². The number of aromatic nitrogens is 4. The van der Waals surface area contributed by atoms with Gasteiger partial charge in [0.05, 0.1) is 22.6 Å². The molecule has 0 aliphatic heterocycles. The summed E-state index contributed by atoms with van der Waals surface area (Å²) in [6.07, 6.45) is 3.32. The largest absolute Gasteiger partial charge is 0.594 e. The van der Waals surface area contributed by atoms with Crippen molar-refractivity contribution in [2.75, 3.05) is 5.32 Å². The van der Waals surface area contributed by atoms with E-state index >= 15 is 0 Å². The Labute approximate surface area is 138 Å². The first kappa shape index (κ1) is 13.3. The number of rotatable bonds is 3. The first-order valence-electron chi connectivity index (χ1n) is 6.55. The number of nitrogens with zero attached hydrogens (tertiary/aromatic N) is 4. The van der Waals surface area contributed by atoms with Gasteiger partial charge in [-0.25, -0.2) is 4.52 Å². The fraction of sp³-hybridized carbons (Fsp3) is 0.0714. The molecule has 0 atom stereocenters. The second-order valence-corrected chi connectivity index (χ2v) is 5.90. The topological polar surface area (TPSA) is 82.3 Å². The van der Waals surface area contributed by atoms with Gasteiger partial charge in [-0.05, 0) is 51.7 Å². The fourth-order valence-corrected chi connectivity index (χ4v) is 2.76. The number of fused-ring (bicyclic) bond motifs is 3. The summed E-state index contributed by atoms with van der Waals surface area (Å²) in [4.78, 5) is 0.630. The van der Waals surface area contributed by atoms with Gasteiger partial charge in [-0.1, -0.05) is 0 Å². The van der Waals surface area contributed by atoms with Crippen molar-refractivity contribution in [3.63, 3.8) is 0 Å². The molecule has 0 saturated carbocycles.